The fourth-order valence-corrected chi connectivity index (χ4v) is 5.75. The topological polar surface area (TPSA) is 92.9 Å². The average Bonchev–Trinajstić information content (AvgIpc) is 3.28. The molecule has 0 radical (unpaired) electrons. The van der Waals surface area contributed by atoms with Gasteiger partial charge in [-0.15, -0.1) is 11.3 Å². The van der Waals surface area contributed by atoms with Crippen LogP contribution in [0.25, 0.3) is 26.1 Å². The second kappa shape index (κ2) is 8.83. The smallest absolute Gasteiger partial charge is 0.345 e. The number of para-hydroxylation sites is 1. The average molecular weight is 505 g/mol. The summed E-state index contributed by atoms with van der Waals surface area (Å²) in [5, 5.41) is 0.0386. The second-order valence-corrected chi connectivity index (χ2v) is 9.35. The summed E-state index contributed by atoms with van der Waals surface area (Å²) >= 11 is 1.31. The number of carbonyl (C=O) groups is 1. The molecule has 9 nitrogen and oxygen atoms in total. The van der Waals surface area contributed by atoms with Crippen LogP contribution in [0.15, 0.2) is 53.6 Å². The summed E-state index contributed by atoms with van der Waals surface area (Å²) in [6, 6.07) is 10.5. The van der Waals surface area contributed by atoms with Crippen LogP contribution < -0.4 is 15.2 Å². The van der Waals surface area contributed by atoms with Gasteiger partial charge in [-0.3, -0.25) is 9.20 Å². The number of anilines is 2. The third kappa shape index (κ3) is 3.54. The van der Waals surface area contributed by atoms with Crippen molar-refractivity contribution >= 4 is 55.2 Å². The monoisotopic (exact) mass is 504 g/mol. The second-order valence-electron chi connectivity index (χ2n) is 8.32. The summed E-state index contributed by atoms with van der Waals surface area (Å²) < 4.78 is 23.2. The highest BCUT2D eigenvalue weighted by Gasteiger charge is 2.27. The van der Waals surface area contributed by atoms with Crippen LogP contribution in [0.4, 0.5) is 16.2 Å². The van der Waals surface area contributed by atoms with E-state index in [4.69, 9.17) is 4.74 Å². The molecule has 0 spiro atoms. The first-order valence-electron chi connectivity index (χ1n) is 11.6. The van der Waals surface area contributed by atoms with Crippen molar-refractivity contribution in [1.82, 2.24) is 19.4 Å². The molecule has 6 rings (SSSR count). The summed E-state index contributed by atoms with van der Waals surface area (Å²) in [7, 11) is 0. The molecular formula is C25H21FN6O3S. The van der Waals surface area contributed by atoms with Gasteiger partial charge in [0.05, 0.1) is 22.2 Å². The van der Waals surface area contributed by atoms with E-state index in [2.05, 4.69) is 15.0 Å². The first-order valence-corrected chi connectivity index (χ1v) is 12.4. The van der Waals surface area contributed by atoms with Crippen molar-refractivity contribution in [2.45, 2.75) is 6.92 Å². The molecule has 0 atom stereocenters. The molecular weight excluding hydrogens is 483 g/mol. The van der Waals surface area contributed by atoms with Crippen LogP contribution in [0.3, 0.4) is 0 Å². The Labute approximate surface area is 208 Å². The summed E-state index contributed by atoms with van der Waals surface area (Å²) in [4.78, 5) is 43.8. The lowest BCUT2D eigenvalue weighted by molar-refractivity contribution is 0.0527. The highest BCUT2D eigenvalue weighted by atomic mass is 32.1. The number of piperazine rings is 1. The number of ether oxygens (including phenoxy) is 1. The molecule has 0 aliphatic carbocycles. The van der Waals surface area contributed by atoms with Crippen LogP contribution in [0.1, 0.15) is 17.3 Å². The highest BCUT2D eigenvalue weighted by molar-refractivity contribution is 7.24. The van der Waals surface area contributed by atoms with E-state index in [1.165, 1.54) is 17.4 Å². The minimum absolute atomic E-state index is 0.0386. The van der Waals surface area contributed by atoms with Crippen LogP contribution in [-0.2, 0) is 4.74 Å². The number of pyridine rings is 2. The lowest BCUT2D eigenvalue weighted by atomic mass is 10.1. The number of benzene rings is 1. The Bertz CT molecular complexity index is 1680. The molecule has 1 aliphatic heterocycles. The Kier molecular flexibility index (Phi) is 5.48. The van der Waals surface area contributed by atoms with Gasteiger partial charge in [-0.25, -0.2) is 24.1 Å². The molecule has 0 N–H and O–H groups in total. The van der Waals surface area contributed by atoms with Gasteiger partial charge in [0.2, 0.25) is 11.4 Å². The van der Waals surface area contributed by atoms with E-state index in [0.29, 0.717) is 42.6 Å². The number of rotatable bonds is 4. The molecule has 1 aliphatic rings. The molecule has 0 bridgehead atoms. The molecule has 182 valence electrons. The van der Waals surface area contributed by atoms with E-state index in [1.54, 1.807) is 29.8 Å². The summed E-state index contributed by atoms with van der Waals surface area (Å²) in [5.74, 6) is -0.535. The zero-order valence-electron chi connectivity index (χ0n) is 19.3. The van der Waals surface area contributed by atoms with E-state index in [-0.39, 0.29) is 23.4 Å². The Morgan fingerprint density at radius 3 is 2.56 bits per heavy atom. The summed E-state index contributed by atoms with van der Waals surface area (Å²) in [6.45, 7) is 4.02. The molecule has 0 saturated carbocycles. The highest BCUT2D eigenvalue weighted by Crippen LogP contribution is 2.32. The van der Waals surface area contributed by atoms with Crippen LogP contribution in [0, 0.1) is 5.82 Å². The van der Waals surface area contributed by atoms with Crippen molar-refractivity contribution in [3.8, 4) is 0 Å². The largest absolute Gasteiger partial charge is 0.462 e. The molecule has 1 aromatic carbocycles. The Morgan fingerprint density at radius 1 is 1.08 bits per heavy atom. The van der Waals surface area contributed by atoms with E-state index in [1.807, 2.05) is 34.1 Å². The minimum atomic E-state index is -0.725. The van der Waals surface area contributed by atoms with Crippen molar-refractivity contribution in [1.29, 1.82) is 0 Å². The predicted octanol–water partition coefficient (Wildman–Crippen LogP) is 3.49. The lowest BCUT2D eigenvalue weighted by Crippen LogP contribution is -2.47. The van der Waals surface area contributed by atoms with Gasteiger partial charge in [0.15, 0.2) is 17.3 Å². The fraction of sp³-hybridized carbons (Fsp3) is 0.240. The van der Waals surface area contributed by atoms with Gasteiger partial charge < -0.3 is 14.5 Å². The first kappa shape index (κ1) is 22.4. The fourth-order valence-electron chi connectivity index (χ4n) is 4.58. The Hall–Kier alpha value is -4.12. The minimum Gasteiger partial charge on any atom is -0.462 e. The van der Waals surface area contributed by atoms with E-state index in [0.717, 1.165) is 10.2 Å². The lowest BCUT2D eigenvalue weighted by Gasteiger charge is -2.35. The van der Waals surface area contributed by atoms with Crippen molar-refractivity contribution in [2.75, 3.05) is 42.6 Å². The normalized spacial score (nSPS) is 14.2. The van der Waals surface area contributed by atoms with Crippen LogP contribution in [0.2, 0.25) is 0 Å². The zero-order valence-corrected chi connectivity index (χ0v) is 20.2. The van der Waals surface area contributed by atoms with Gasteiger partial charge in [-0.2, -0.15) is 0 Å². The number of nitrogens with zero attached hydrogens (tertiary/aromatic N) is 6. The first-order chi connectivity index (χ1) is 17.6. The van der Waals surface area contributed by atoms with Gasteiger partial charge >= 0.3 is 5.97 Å². The SMILES string of the molecule is CCOC(=O)c1c(=O)c2cc(F)c(N3CCN(c4ncccn4)CC3)nc2n2c1sc1ccccc12. The predicted molar refractivity (Wildman–Crippen MR) is 137 cm³/mol. The molecule has 1 fully saturated rings. The van der Waals surface area contributed by atoms with Gasteiger partial charge in [-0.05, 0) is 31.2 Å². The number of thiazole rings is 1. The maximum atomic E-state index is 15.4. The van der Waals surface area contributed by atoms with Gasteiger partial charge in [0.25, 0.3) is 0 Å². The number of aromatic nitrogens is 4. The van der Waals surface area contributed by atoms with E-state index in [9.17, 15) is 9.59 Å². The maximum absolute atomic E-state index is 15.4. The molecule has 4 aromatic heterocycles. The molecule has 0 amide bonds. The molecule has 1 saturated heterocycles. The third-order valence-electron chi connectivity index (χ3n) is 6.24. The van der Waals surface area contributed by atoms with Crippen molar-refractivity contribution in [3.05, 3.63) is 70.4 Å². The molecule has 11 heteroatoms. The van der Waals surface area contributed by atoms with Crippen molar-refractivity contribution in [3.63, 3.8) is 0 Å². The summed E-state index contributed by atoms with van der Waals surface area (Å²) in [6.07, 6.45) is 3.38. The van der Waals surface area contributed by atoms with Crippen molar-refractivity contribution < 1.29 is 13.9 Å². The van der Waals surface area contributed by atoms with Gasteiger partial charge in [0, 0.05) is 38.6 Å². The Morgan fingerprint density at radius 2 is 1.81 bits per heavy atom. The standard InChI is InChI=1S/C25H21FN6O3S/c1-2-35-24(34)19-20(33)15-14-16(26)22(30-10-12-31(13-11-30)25-27-8-5-9-28-25)29-21(15)32-17-6-3-4-7-18(17)36-23(19)32/h3-9,14H,2,10-13H2,1H3. The van der Waals surface area contributed by atoms with Crippen LogP contribution >= 0.6 is 11.3 Å². The molecule has 5 aromatic rings. The van der Waals surface area contributed by atoms with Gasteiger partial charge in [0.1, 0.15) is 10.4 Å². The van der Waals surface area contributed by atoms with Gasteiger partial charge in [-0.1, -0.05) is 12.1 Å². The van der Waals surface area contributed by atoms with Crippen molar-refractivity contribution in [2.24, 2.45) is 0 Å². The molecule has 5 heterocycles. The van der Waals surface area contributed by atoms with Crippen LogP contribution in [0.5, 0.6) is 0 Å². The zero-order chi connectivity index (χ0) is 24.8. The van der Waals surface area contributed by atoms with E-state index < -0.39 is 17.2 Å². The number of hydrogen-bond donors (Lipinski definition) is 0. The number of carbonyl (C=O) groups excluding carboxylic acids is 1. The third-order valence-corrected chi connectivity index (χ3v) is 7.39. The number of fused-ring (bicyclic) bond motifs is 5. The quantitative estimate of drug-likeness (QED) is 0.344. The Balaban J connectivity index is 1.50. The van der Waals surface area contributed by atoms with E-state index >= 15 is 4.39 Å². The molecule has 0 unspecified atom stereocenters. The maximum Gasteiger partial charge on any atom is 0.345 e. The number of hydrogen-bond acceptors (Lipinski definition) is 9. The number of halogens is 1. The van der Waals surface area contributed by atoms with Crippen LogP contribution in [-0.4, -0.2) is 58.1 Å². The summed E-state index contributed by atoms with van der Waals surface area (Å²) in [5.41, 5.74) is 0.407. The molecule has 36 heavy (non-hydrogen) atoms. The number of esters is 1.